The molecule has 7 nitrogen and oxygen atoms in total. The van der Waals surface area contributed by atoms with E-state index in [2.05, 4.69) is 25.3 Å². The Morgan fingerprint density at radius 1 is 1.24 bits per heavy atom. The summed E-state index contributed by atoms with van der Waals surface area (Å²) in [6.07, 6.45) is 4.74. The molecule has 2 heterocycles. The first kappa shape index (κ1) is 13.3. The Hall–Kier alpha value is -2.74. The fourth-order valence-electron chi connectivity index (χ4n) is 1.64. The van der Waals surface area contributed by atoms with Crippen LogP contribution in [0.4, 0.5) is 22.0 Å². The summed E-state index contributed by atoms with van der Waals surface area (Å²) in [5.41, 5.74) is 5.77. The topological polar surface area (TPSA) is 94.5 Å². The van der Waals surface area contributed by atoms with Gasteiger partial charge in [-0.3, -0.25) is 4.57 Å². The van der Waals surface area contributed by atoms with Gasteiger partial charge in [-0.25, -0.2) is 9.37 Å². The zero-order chi connectivity index (χ0) is 14.8. The molecule has 0 fully saturated rings. The van der Waals surface area contributed by atoms with Gasteiger partial charge in [0.25, 0.3) is 0 Å². The molecular formula is C12H9ClFN7. The van der Waals surface area contributed by atoms with Crippen molar-refractivity contribution in [1.82, 2.24) is 24.5 Å². The third-order valence-electron chi connectivity index (χ3n) is 2.55. The summed E-state index contributed by atoms with van der Waals surface area (Å²) in [7, 11) is 0. The summed E-state index contributed by atoms with van der Waals surface area (Å²) >= 11 is 5.83. The maximum atomic E-state index is 13.7. The van der Waals surface area contributed by atoms with Gasteiger partial charge in [0.15, 0.2) is 0 Å². The Balaban J connectivity index is 1.97. The van der Waals surface area contributed by atoms with Crippen LogP contribution < -0.4 is 11.1 Å². The van der Waals surface area contributed by atoms with Crippen molar-refractivity contribution in [2.45, 2.75) is 0 Å². The van der Waals surface area contributed by atoms with E-state index >= 15 is 0 Å². The van der Waals surface area contributed by atoms with Crippen LogP contribution in [0.5, 0.6) is 0 Å². The Bertz CT molecular complexity index is 775. The Morgan fingerprint density at radius 2 is 2.10 bits per heavy atom. The Labute approximate surface area is 123 Å². The highest BCUT2D eigenvalue weighted by Crippen LogP contribution is 2.22. The third-order valence-corrected chi connectivity index (χ3v) is 2.79. The molecule has 0 aliphatic carbocycles. The number of nitrogen functional groups attached to an aromatic ring is 1. The summed E-state index contributed by atoms with van der Waals surface area (Å²) in [6.45, 7) is 0. The second kappa shape index (κ2) is 5.33. The van der Waals surface area contributed by atoms with Crippen LogP contribution in [0.1, 0.15) is 0 Å². The van der Waals surface area contributed by atoms with E-state index in [1.54, 1.807) is 17.0 Å². The number of imidazole rings is 1. The zero-order valence-electron chi connectivity index (χ0n) is 10.5. The molecule has 0 saturated carbocycles. The fourth-order valence-corrected chi connectivity index (χ4v) is 1.82. The van der Waals surface area contributed by atoms with E-state index in [4.69, 9.17) is 17.3 Å². The molecule has 0 amide bonds. The van der Waals surface area contributed by atoms with E-state index in [0.717, 1.165) is 0 Å². The molecule has 0 spiro atoms. The Kier molecular flexibility index (Phi) is 3.36. The van der Waals surface area contributed by atoms with E-state index in [1.165, 1.54) is 24.5 Å². The molecule has 3 aromatic rings. The van der Waals surface area contributed by atoms with Gasteiger partial charge in [-0.1, -0.05) is 11.6 Å². The standard InChI is InChI=1S/C12H9ClFN7/c13-7-1-2-8(14)9(5-7)17-11-18-10(15)19-12(20-11)21-4-3-16-6-21/h1-6H,(H3,15,17,18,19,20). The lowest BCUT2D eigenvalue weighted by atomic mass is 10.3. The van der Waals surface area contributed by atoms with Crippen LogP contribution in [-0.4, -0.2) is 24.5 Å². The number of rotatable bonds is 3. The van der Waals surface area contributed by atoms with Crippen LogP contribution >= 0.6 is 11.6 Å². The average Bonchev–Trinajstić information content (AvgIpc) is 2.96. The molecular weight excluding hydrogens is 297 g/mol. The molecule has 106 valence electrons. The maximum Gasteiger partial charge on any atom is 0.241 e. The zero-order valence-corrected chi connectivity index (χ0v) is 11.3. The van der Waals surface area contributed by atoms with Crippen LogP contribution in [-0.2, 0) is 0 Å². The summed E-state index contributed by atoms with van der Waals surface area (Å²) in [6, 6.07) is 4.11. The fraction of sp³-hybridized carbons (Fsp3) is 0. The first-order valence-electron chi connectivity index (χ1n) is 5.84. The van der Waals surface area contributed by atoms with Crippen molar-refractivity contribution in [3.8, 4) is 5.95 Å². The first-order valence-corrected chi connectivity index (χ1v) is 6.21. The van der Waals surface area contributed by atoms with Crippen LogP contribution in [0.25, 0.3) is 5.95 Å². The molecule has 21 heavy (non-hydrogen) atoms. The minimum Gasteiger partial charge on any atom is -0.368 e. The van der Waals surface area contributed by atoms with E-state index in [-0.39, 0.29) is 23.5 Å². The molecule has 9 heteroatoms. The van der Waals surface area contributed by atoms with Crippen molar-refractivity contribution in [3.63, 3.8) is 0 Å². The minimum absolute atomic E-state index is 0.00126. The number of hydrogen-bond donors (Lipinski definition) is 2. The van der Waals surface area contributed by atoms with E-state index in [9.17, 15) is 4.39 Å². The van der Waals surface area contributed by atoms with Gasteiger partial charge in [0.05, 0.1) is 5.69 Å². The largest absolute Gasteiger partial charge is 0.368 e. The van der Waals surface area contributed by atoms with E-state index in [1.807, 2.05) is 0 Å². The van der Waals surface area contributed by atoms with Gasteiger partial charge in [-0.05, 0) is 18.2 Å². The van der Waals surface area contributed by atoms with Gasteiger partial charge in [0, 0.05) is 17.4 Å². The molecule has 0 atom stereocenters. The molecule has 0 unspecified atom stereocenters. The number of anilines is 3. The predicted octanol–water partition coefficient (Wildman–Crippen LogP) is 2.18. The van der Waals surface area contributed by atoms with Crippen molar-refractivity contribution in [2.24, 2.45) is 0 Å². The van der Waals surface area contributed by atoms with Crippen LogP contribution in [0, 0.1) is 5.82 Å². The monoisotopic (exact) mass is 305 g/mol. The number of nitrogens with two attached hydrogens (primary N) is 1. The number of halogens is 2. The van der Waals surface area contributed by atoms with Crippen molar-refractivity contribution >= 4 is 29.2 Å². The molecule has 1 aromatic carbocycles. The van der Waals surface area contributed by atoms with Crippen molar-refractivity contribution < 1.29 is 4.39 Å². The van der Waals surface area contributed by atoms with Crippen LogP contribution in [0.2, 0.25) is 5.02 Å². The Morgan fingerprint density at radius 3 is 2.86 bits per heavy atom. The van der Waals surface area contributed by atoms with Crippen molar-refractivity contribution in [1.29, 1.82) is 0 Å². The van der Waals surface area contributed by atoms with Crippen LogP contribution in [0.15, 0.2) is 36.9 Å². The maximum absolute atomic E-state index is 13.7. The third kappa shape index (κ3) is 2.90. The predicted molar refractivity (Wildman–Crippen MR) is 76.1 cm³/mol. The molecule has 0 bridgehead atoms. The van der Waals surface area contributed by atoms with Gasteiger partial charge >= 0.3 is 0 Å². The van der Waals surface area contributed by atoms with E-state index < -0.39 is 5.82 Å². The average molecular weight is 306 g/mol. The van der Waals surface area contributed by atoms with Gasteiger partial charge < -0.3 is 11.1 Å². The molecule has 0 aliphatic heterocycles. The quantitative estimate of drug-likeness (QED) is 0.770. The number of nitrogens with zero attached hydrogens (tertiary/aromatic N) is 5. The summed E-state index contributed by atoms with van der Waals surface area (Å²) in [5, 5.41) is 3.11. The van der Waals surface area contributed by atoms with Crippen molar-refractivity contribution in [3.05, 3.63) is 47.8 Å². The van der Waals surface area contributed by atoms with Crippen LogP contribution in [0.3, 0.4) is 0 Å². The van der Waals surface area contributed by atoms with Gasteiger partial charge in [-0.2, -0.15) is 15.0 Å². The van der Waals surface area contributed by atoms with Gasteiger partial charge in [0.1, 0.15) is 12.1 Å². The van der Waals surface area contributed by atoms with Gasteiger partial charge in [-0.15, -0.1) is 0 Å². The highest BCUT2D eigenvalue weighted by molar-refractivity contribution is 6.30. The first-order chi connectivity index (χ1) is 10.1. The number of nitrogens with one attached hydrogen (secondary N) is 1. The second-order valence-electron chi connectivity index (χ2n) is 4.04. The lowest BCUT2D eigenvalue weighted by molar-refractivity contribution is 0.631. The lowest BCUT2D eigenvalue weighted by Crippen LogP contribution is -2.08. The smallest absolute Gasteiger partial charge is 0.241 e. The second-order valence-corrected chi connectivity index (χ2v) is 4.47. The van der Waals surface area contributed by atoms with Crippen molar-refractivity contribution in [2.75, 3.05) is 11.1 Å². The summed E-state index contributed by atoms with van der Waals surface area (Å²) in [4.78, 5) is 15.9. The number of benzene rings is 1. The van der Waals surface area contributed by atoms with E-state index in [0.29, 0.717) is 5.02 Å². The molecule has 3 rings (SSSR count). The minimum atomic E-state index is -0.484. The highest BCUT2D eigenvalue weighted by Gasteiger charge is 2.09. The summed E-state index contributed by atoms with van der Waals surface area (Å²) < 4.78 is 15.2. The van der Waals surface area contributed by atoms with Gasteiger partial charge in [0.2, 0.25) is 17.8 Å². The lowest BCUT2D eigenvalue weighted by Gasteiger charge is -2.08. The molecule has 0 radical (unpaired) electrons. The number of aromatic nitrogens is 5. The molecule has 2 aromatic heterocycles. The summed E-state index contributed by atoms with van der Waals surface area (Å²) in [5.74, 6) is -0.112. The molecule has 0 saturated heterocycles. The SMILES string of the molecule is Nc1nc(Nc2cc(Cl)ccc2F)nc(-n2ccnc2)n1. The highest BCUT2D eigenvalue weighted by atomic mass is 35.5. The molecule has 3 N–H and O–H groups in total. The molecule has 0 aliphatic rings. The normalized spacial score (nSPS) is 10.6. The number of hydrogen-bond acceptors (Lipinski definition) is 6.